The van der Waals surface area contributed by atoms with Crippen LogP contribution in [0.25, 0.3) is 0 Å². The molecule has 1 aliphatic carbocycles. The minimum absolute atomic E-state index is 0.797. The van der Waals surface area contributed by atoms with E-state index in [4.69, 9.17) is 0 Å². The van der Waals surface area contributed by atoms with Gasteiger partial charge in [0.15, 0.2) is 0 Å². The van der Waals surface area contributed by atoms with Crippen molar-refractivity contribution in [2.45, 2.75) is 57.9 Å². The molecule has 0 bridgehead atoms. The third-order valence-electron chi connectivity index (χ3n) is 4.34. The van der Waals surface area contributed by atoms with Crippen molar-refractivity contribution in [2.24, 2.45) is 5.92 Å². The van der Waals surface area contributed by atoms with Crippen LogP contribution < -0.4 is 5.32 Å². The van der Waals surface area contributed by atoms with Crippen LogP contribution in [0.2, 0.25) is 0 Å². The number of hydrogen-bond donors (Lipinski definition) is 1. The van der Waals surface area contributed by atoms with Crippen LogP contribution in [0.3, 0.4) is 0 Å². The Morgan fingerprint density at radius 2 is 2.00 bits per heavy atom. The lowest BCUT2D eigenvalue weighted by Gasteiger charge is -2.39. The van der Waals surface area contributed by atoms with Crippen LogP contribution in [-0.2, 0) is 0 Å². The van der Waals surface area contributed by atoms with E-state index in [0.717, 1.165) is 12.0 Å². The molecular formula is C14H28N2. The lowest BCUT2D eigenvalue weighted by molar-refractivity contribution is 0.145. The summed E-state index contributed by atoms with van der Waals surface area (Å²) in [6.45, 7) is 7.40. The zero-order valence-corrected chi connectivity index (χ0v) is 10.9. The fourth-order valence-corrected chi connectivity index (χ4v) is 3.28. The lowest BCUT2D eigenvalue weighted by Crippen LogP contribution is -2.54. The van der Waals surface area contributed by atoms with E-state index in [9.17, 15) is 0 Å². The second-order valence-electron chi connectivity index (χ2n) is 5.61. The molecule has 0 amide bonds. The largest absolute Gasteiger partial charge is 0.311 e. The summed E-state index contributed by atoms with van der Waals surface area (Å²) in [6, 6.07) is 0.797. The van der Waals surface area contributed by atoms with Gasteiger partial charge in [-0.1, -0.05) is 32.6 Å². The molecule has 1 N–H and O–H groups in total. The molecule has 2 rings (SSSR count). The molecule has 1 saturated heterocycles. The number of nitrogens with zero attached hydrogens (tertiary/aromatic N) is 1. The summed E-state index contributed by atoms with van der Waals surface area (Å²) in [7, 11) is 0. The molecule has 1 heterocycles. The van der Waals surface area contributed by atoms with Gasteiger partial charge in [0.1, 0.15) is 0 Å². The quantitative estimate of drug-likeness (QED) is 0.790. The van der Waals surface area contributed by atoms with Crippen LogP contribution in [0.5, 0.6) is 0 Å². The molecule has 2 fully saturated rings. The predicted octanol–water partition coefficient (Wildman–Crippen LogP) is 2.64. The normalized spacial score (nSPS) is 29.4. The molecule has 2 nitrogen and oxygen atoms in total. The van der Waals surface area contributed by atoms with Gasteiger partial charge < -0.3 is 10.2 Å². The molecular weight excluding hydrogens is 196 g/mol. The zero-order chi connectivity index (χ0) is 11.2. The van der Waals surface area contributed by atoms with E-state index in [1.807, 2.05) is 0 Å². The molecule has 0 radical (unpaired) electrons. The van der Waals surface area contributed by atoms with Gasteiger partial charge in [0.05, 0.1) is 0 Å². The Hall–Kier alpha value is -0.0800. The molecule has 2 heteroatoms. The Labute approximate surface area is 101 Å². The van der Waals surface area contributed by atoms with E-state index in [2.05, 4.69) is 17.1 Å². The lowest BCUT2D eigenvalue weighted by atomic mass is 9.83. The van der Waals surface area contributed by atoms with Gasteiger partial charge >= 0.3 is 0 Å². The highest BCUT2D eigenvalue weighted by Crippen LogP contribution is 2.27. The number of unbranched alkanes of at least 4 members (excludes halogenated alkanes) is 1. The van der Waals surface area contributed by atoms with Gasteiger partial charge in [-0.2, -0.15) is 0 Å². The molecule has 0 aromatic carbocycles. The van der Waals surface area contributed by atoms with E-state index < -0.39 is 0 Å². The summed E-state index contributed by atoms with van der Waals surface area (Å²) in [4.78, 5) is 2.68. The Morgan fingerprint density at radius 1 is 1.19 bits per heavy atom. The number of piperazine rings is 1. The number of nitrogens with one attached hydrogen (secondary N) is 1. The van der Waals surface area contributed by atoms with Gasteiger partial charge in [-0.25, -0.2) is 0 Å². The molecule has 2 aliphatic rings. The number of rotatable bonds is 4. The summed E-state index contributed by atoms with van der Waals surface area (Å²) >= 11 is 0. The maximum atomic E-state index is 3.75. The van der Waals surface area contributed by atoms with Crippen LogP contribution in [0, 0.1) is 5.92 Å². The monoisotopic (exact) mass is 224 g/mol. The van der Waals surface area contributed by atoms with Crippen molar-refractivity contribution < 1.29 is 0 Å². The second-order valence-corrected chi connectivity index (χ2v) is 5.61. The van der Waals surface area contributed by atoms with Gasteiger partial charge in [-0.05, 0) is 31.7 Å². The number of hydrogen-bond acceptors (Lipinski definition) is 2. The Balaban J connectivity index is 1.76. The third-order valence-corrected chi connectivity index (χ3v) is 4.34. The average Bonchev–Trinajstić information content (AvgIpc) is 2.38. The average molecular weight is 224 g/mol. The molecule has 0 aromatic heterocycles. The minimum Gasteiger partial charge on any atom is -0.311 e. The summed E-state index contributed by atoms with van der Waals surface area (Å²) in [6.07, 6.45) is 10.1. The van der Waals surface area contributed by atoms with Crippen LogP contribution >= 0.6 is 0 Å². The fraction of sp³-hybridized carbons (Fsp3) is 1.00. The maximum Gasteiger partial charge on any atom is 0.0223 e. The van der Waals surface area contributed by atoms with Crippen molar-refractivity contribution in [3.05, 3.63) is 0 Å². The van der Waals surface area contributed by atoms with Gasteiger partial charge in [0.2, 0.25) is 0 Å². The third kappa shape index (κ3) is 3.46. The molecule has 1 aliphatic heterocycles. The standard InChI is InChI=1S/C14H28N2/c1-2-3-10-16-11-9-15-14(12-16)13-7-5-4-6-8-13/h13-15H,2-12H2,1H3. The van der Waals surface area contributed by atoms with E-state index >= 15 is 0 Å². The van der Waals surface area contributed by atoms with Crippen molar-refractivity contribution in [1.29, 1.82) is 0 Å². The Bertz CT molecular complexity index is 187. The second kappa shape index (κ2) is 6.61. The maximum absolute atomic E-state index is 3.75. The summed E-state index contributed by atoms with van der Waals surface area (Å²) in [5.41, 5.74) is 0. The topological polar surface area (TPSA) is 15.3 Å². The molecule has 1 atom stereocenters. The van der Waals surface area contributed by atoms with Gasteiger partial charge in [0.25, 0.3) is 0 Å². The SMILES string of the molecule is CCCCN1CCNC(C2CCCCC2)C1. The van der Waals surface area contributed by atoms with Crippen LogP contribution in [0.1, 0.15) is 51.9 Å². The van der Waals surface area contributed by atoms with Gasteiger partial charge in [-0.3, -0.25) is 0 Å². The van der Waals surface area contributed by atoms with E-state index in [-0.39, 0.29) is 0 Å². The van der Waals surface area contributed by atoms with Crippen molar-refractivity contribution in [1.82, 2.24) is 10.2 Å². The molecule has 16 heavy (non-hydrogen) atoms. The highest BCUT2D eigenvalue weighted by Gasteiger charge is 2.27. The predicted molar refractivity (Wildman–Crippen MR) is 69.7 cm³/mol. The highest BCUT2D eigenvalue weighted by atomic mass is 15.2. The fourth-order valence-electron chi connectivity index (χ4n) is 3.28. The summed E-state index contributed by atoms with van der Waals surface area (Å²) in [5, 5.41) is 3.75. The molecule has 1 saturated carbocycles. The smallest absolute Gasteiger partial charge is 0.0223 e. The van der Waals surface area contributed by atoms with Crippen LogP contribution in [0.4, 0.5) is 0 Å². The Kier molecular flexibility index (Phi) is 5.11. The molecule has 94 valence electrons. The van der Waals surface area contributed by atoms with Crippen molar-refractivity contribution >= 4 is 0 Å². The highest BCUT2D eigenvalue weighted by molar-refractivity contribution is 4.85. The van der Waals surface area contributed by atoms with Gasteiger partial charge in [0, 0.05) is 25.7 Å². The Morgan fingerprint density at radius 3 is 2.75 bits per heavy atom. The zero-order valence-electron chi connectivity index (χ0n) is 10.9. The summed E-state index contributed by atoms with van der Waals surface area (Å²) in [5.74, 6) is 0.971. The van der Waals surface area contributed by atoms with Crippen LogP contribution in [-0.4, -0.2) is 37.1 Å². The van der Waals surface area contributed by atoms with Gasteiger partial charge in [-0.15, -0.1) is 0 Å². The van der Waals surface area contributed by atoms with Crippen molar-refractivity contribution in [3.8, 4) is 0 Å². The first kappa shape index (κ1) is 12.4. The minimum atomic E-state index is 0.797. The summed E-state index contributed by atoms with van der Waals surface area (Å²) < 4.78 is 0. The van der Waals surface area contributed by atoms with E-state index in [1.165, 1.54) is 71.1 Å². The first-order valence-corrected chi connectivity index (χ1v) is 7.36. The first-order chi connectivity index (χ1) is 7.90. The first-order valence-electron chi connectivity index (χ1n) is 7.36. The molecule has 0 aromatic rings. The van der Waals surface area contributed by atoms with E-state index in [0.29, 0.717) is 0 Å². The van der Waals surface area contributed by atoms with Crippen LogP contribution in [0.15, 0.2) is 0 Å². The van der Waals surface area contributed by atoms with E-state index in [1.54, 1.807) is 0 Å². The van der Waals surface area contributed by atoms with Crippen molar-refractivity contribution in [2.75, 3.05) is 26.2 Å². The van der Waals surface area contributed by atoms with Crippen molar-refractivity contribution in [3.63, 3.8) is 0 Å². The molecule has 0 spiro atoms. The molecule has 1 unspecified atom stereocenters.